The van der Waals surface area contributed by atoms with Crippen molar-refractivity contribution < 1.29 is 4.79 Å². The molecule has 0 spiro atoms. The molecule has 0 unspecified atom stereocenters. The van der Waals surface area contributed by atoms with Gasteiger partial charge in [-0.05, 0) is 68.1 Å². The van der Waals surface area contributed by atoms with E-state index in [4.69, 9.17) is 11.6 Å². The average molecular weight is 362 g/mol. The van der Waals surface area contributed by atoms with Crippen molar-refractivity contribution in [1.29, 1.82) is 0 Å². The van der Waals surface area contributed by atoms with Crippen LogP contribution in [0.5, 0.6) is 0 Å². The molecule has 0 aliphatic carbocycles. The number of rotatable bonds is 6. The molecule has 1 N–H and O–H groups in total. The van der Waals surface area contributed by atoms with Crippen molar-refractivity contribution in [3.63, 3.8) is 0 Å². The molecule has 2 atom stereocenters. The number of hydrogen-bond acceptors (Lipinski definition) is 2. The normalized spacial score (nSPS) is 13.4. The van der Waals surface area contributed by atoms with Gasteiger partial charge < -0.3 is 5.32 Å². The van der Waals surface area contributed by atoms with Crippen LogP contribution < -0.4 is 5.32 Å². The average Bonchev–Trinajstić information content (AvgIpc) is 2.57. The van der Waals surface area contributed by atoms with Crippen LogP contribution in [-0.4, -0.2) is 11.2 Å². The SMILES string of the molecule is CC[C@H](NC(=O)[C@H](C)Sc1ccc(Cl)cc1)c1ccc(C)c(C)c1. The van der Waals surface area contributed by atoms with Gasteiger partial charge >= 0.3 is 0 Å². The first-order valence-corrected chi connectivity index (χ1v) is 9.46. The number of nitrogens with one attached hydrogen (secondary N) is 1. The molecule has 24 heavy (non-hydrogen) atoms. The van der Waals surface area contributed by atoms with E-state index in [1.165, 1.54) is 11.1 Å². The van der Waals surface area contributed by atoms with Crippen LogP contribution in [0, 0.1) is 13.8 Å². The third-order valence-corrected chi connectivity index (χ3v) is 5.52. The van der Waals surface area contributed by atoms with Crippen LogP contribution in [0.15, 0.2) is 47.4 Å². The summed E-state index contributed by atoms with van der Waals surface area (Å²) in [6.45, 7) is 8.23. The van der Waals surface area contributed by atoms with Gasteiger partial charge in [-0.3, -0.25) is 4.79 Å². The molecule has 0 aliphatic heterocycles. The Morgan fingerprint density at radius 3 is 2.38 bits per heavy atom. The third-order valence-electron chi connectivity index (χ3n) is 4.15. The zero-order valence-corrected chi connectivity index (χ0v) is 16.2. The van der Waals surface area contributed by atoms with E-state index in [0.717, 1.165) is 16.9 Å². The van der Waals surface area contributed by atoms with Gasteiger partial charge in [-0.25, -0.2) is 0 Å². The molecule has 0 saturated heterocycles. The van der Waals surface area contributed by atoms with Crippen molar-refractivity contribution >= 4 is 29.3 Å². The maximum Gasteiger partial charge on any atom is 0.233 e. The minimum Gasteiger partial charge on any atom is -0.348 e. The van der Waals surface area contributed by atoms with E-state index in [0.29, 0.717) is 5.02 Å². The highest BCUT2D eigenvalue weighted by Gasteiger charge is 2.19. The lowest BCUT2D eigenvalue weighted by Gasteiger charge is -2.21. The van der Waals surface area contributed by atoms with Gasteiger partial charge in [-0.1, -0.05) is 36.7 Å². The number of halogens is 1. The molecule has 128 valence electrons. The summed E-state index contributed by atoms with van der Waals surface area (Å²) < 4.78 is 0. The Morgan fingerprint density at radius 1 is 1.12 bits per heavy atom. The van der Waals surface area contributed by atoms with E-state index in [-0.39, 0.29) is 17.2 Å². The molecule has 0 heterocycles. The standard InChI is InChI=1S/C20H24ClNOS/c1-5-19(16-7-6-13(2)14(3)12-16)22-20(23)15(4)24-18-10-8-17(21)9-11-18/h6-12,15,19H,5H2,1-4H3,(H,22,23)/t15-,19-/m0/s1. The minimum absolute atomic E-state index is 0.0464. The fraction of sp³-hybridized carbons (Fsp3) is 0.350. The number of benzene rings is 2. The summed E-state index contributed by atoms with van der Waals surface area (Å²) >= 11 is 7.44. The van der Waals surface area contributed by atoms with Gasteiger partial charge in [0.05, 0.1) is 11.3 Å². The van der Waals surface area contributed by atoms with Gasteiger partial charge in [0, 0.05) is 9.92 Å². The number of amides is 1. The number of hydrogen-bond donors (Lipinski definition) is 1. The molecule has 0 radical (unpaired) electrons. The zero-order chi connectivity index (χ0) is 17.7. The van der Waals surface area contributed by atoms with Crippen molar-refractivity contribution in [3.8, 4) is 0 Å². The number of carbonyl (C=O) groups excluding carboxylic acids is 1. The molecule has 4 heteroatoms. The lowest BCUT2D eigenvalue weighted by molar-refractivity contribution is -0.121. The first-order valence-electron chi connectivity index (χ1n) is 8.20. The van der Waals surface area contributed by atoms with E-state index < -0.39 is 0 Å². The molecule has 0 fully saturated rings. The lowest BCUT2D eigenvalue weighted by Crippen LogP contribution is -2.34. The molecular formula is C20H24ClNOS. The largest absolute Gasteiger partial charge is 0.348 e. The Labute approximate surface area is 154 Å². The van der Waals surface area contributed by atoms with Crippen molar-refractivity contribution in [2.24, 2.45) is 0 Å². The first kappa shape index (κ1) is 18.9. The van der Waals surface area contributed by atoms with Gasteiger partial charge in [0.2, 0.25) is 5.91 Å². The predicted octanol–water partition coefficient (Wildman–Crippen LogP) is 5.70. The quantitative estimate of drug-likeness (QED) is 0.668. The summed E-state index contributed by atoms with van der Waals surface area (Å²) in [7, 11) is 0. The molecule has 0 bridgehead atoms. The molecule has 1 amide bonds. The lowest BCUT2D eigenvalue weighted by atomic mass is 9.99. The monoisotopic (exact) mass is 361 g/mol. The molecular weight excluding hydrogens is 338 g/mol. The Balaban J connectivity index is 2.02. The highest BCUT2D eigenvalue weighted by atomic mass is 35.5. The number of thioether (sulfide) groups is 1. The third kappa shape index (κ3) is 5.02. The van der Waals surface area contributed by atoms with Gasteiger partial charge in [-0.15, -0.1) is 11.8 Å². The smallest absolute Gasteiger partial charge is 0.233 e. The highest BCUT2D eigenvalue weighted by molar-refractivity contribution is 8.00. The Hall–Kier alpha value is -1.45. The van der Waals surface area contributed by atoms with Gasteiger partial charge in [0.15, 0.2) is 0 Å². The molecule has 0 aliphatic rings. The van der Waals surface area contributed by atoms with E-state index in [2.05, 4.69) is 44.3 Å². The maximum atomic E-state index is 12.6. The second-order valence-electron chi connectivity index (χ2n) is 6.03. The Bertz CT molecular complexity index is 699. The molecule has 2 aromatic carbocycles. The van der Waals surface area contributed by atoms with Gasteiger partial charge in [0.25, 0.3) is 0 Å². The summed E-state index contributed by atoms with van der Waals surface area (Å²) in [5, 5.41) is 3.72. The second-order valence-corrected chi connectivity index (χ2v) is 7.88. The van der Waals surface area contributed by atoms with E-state index >= 15 is 0 Å². The number of aryl methyl sites for hydroxylation is 2. The van der Waals surface area contributed by atoms with Crippen LogP contribution in [0.4, 0.5) is 0 Å². The van der Waals surface area contributed by atoms with Crippen LogP contribution >= 0.6 is 23.4 Å². The van der Waals surface area contributed by atoms with Crippen LogP contribution in [0.1, 0.15) is 43.0 Å². The van der Waals surface area contributed by atoms with Crippen molar-refractivity contribution in [1.82, 2.24) is 5.32 Å². The van der Waals surface area contributed by atoms with Crippen LogP contribution in [0.25, 0.3) is 0 Å². The second kappa shape index (κ2) is 8.59. The Morgan fingerprint density at radius 2 is 1.79 bits per heavy atom. The van der Waals surface area contributed by atoms with E-state index in [1.54, 1.807) is 11.8 Å². The Kier molecular flexibility index (Phi) is 6.76. The summed E-state index contributed by atoms with van der Waals surface area (Å²) in [4.78, 5) is 13.6. The highest BCUT2D eigenvalue weighted by Crippen LogP contribution is 2.26. The topological polar surface area (TPSA) is 29.1 Å². The van der Waals surface area contributed by atoms with Gasteiger partial charge in [-0.2, -0.15) is 0 Å². The molecule has 0 saturated carbocycles. The fourth-order valence-electron chi connectivity index (χ4n) is 2.46. The molecule has 0 aromatic heterocycles. The predicted molar refractivity (Wildman–Crippen MR) is 104 cm³/mol. The van der Waals surface area contributed by atoms with Crippen LogP contribution in [0.2, 0.25) is 5.02 Å². The summed E-state index contributed by atoms with van der Waals surface area (Å²) in [5.41, 5.74) is 3.69. The van der Waals surface area contributed by atoms with Crippen molar-refractivity contribution in [2.45, 2.75) is 50.3 Å². The van der Waals surface area contributed by atoms with Crippen LogP contribution in [-0.2, 0) is 4.79 Å². The summed E-state index contributed by atoms with van der Waals surface area (Å²) in [6, 6.07) is 14.0. The number of carbonyl (C=O) groups is 1. The maximum absolute atomic E-state index is 12.6. The minimum atomic E-state index is -0.160. The van der Waals surface area contributed by atoms with Crippen molar-refractivity contribution in [2.75, 3.05) is 0 Å². The first-order chi connectivity index (χ1) is 11.4. The summed E-state index contributed by atoms with van der Waals surface area (Å²) in [6.07, 6.45) is 0.868. The van der Waals surface area contributed by atoms with Gasteiger partial charge in [0.1, 0.15) is 0 Å². The van der Waals surface area contributed by atoms with Crippen molar-refractivity contribution in [3.05, 3.63) is 64.2 Å². The van der Waals surface area contributed by atoms with E-state index in [9.17, 15) is 4.79 Å². The fourth-order valence-corrected chi connectivity index (χ4v) is 3.46. The summed E-state index contributed by atoms with van der Waals surface area (Å²) in [5.74, 6) is 0.0556. The zero-order valence-electron chi connectivity index (χ0n) is 14.6. The van der Waals surface area contributed by atoms with E-state index in [1.807, 2.05) is 31.2 Å². The van der Waals surface area contributed by atoms with Crippen LogP contribution in [0.3, 0.4) is 0 Å². The molecule has 2 rings (SSSR count). The molecule has 2 aromatic rings. The molecule has 2 nitrogen and oxygen atoms in total.